The third kappa shape index (κ3) is 4.06. The Balaban J connectivity index is 1.23. The maximum absolute atomic E-state index is 13.7. The topological polar surface area (TPSA) is 71.6 Å². The minimum Gasteiger partial charge on any atom is -0.336 e. The van der Waals surface area contributed by atoms with Gasteiger partial charge in [-0.3, -0.25) is 9.69 Å². The Kier molecular flexibility index (Phi) is 5.50. The fourth-order valence-electron chi connectivity index (χ4n) is 4.78. The van der Waals surface area contributed by atoms with E-state index in [1.54, 1.807) is 6.20 Å². The number of rotatable bonds is 5. The average molecular weight is 466 g/mol. The molecule has 0 spiro atoms. The molecule has 0 unspecified atom stereocenters. The average Bonchev–Trinajstić information content (AvgIpc) is 3.52. The van der Waals surface area contributed by atoms with Gasteiger partial charge in [-0.05, 0) is 25.1 Å². The van der Waals surface area contributed by atoms with E-state index in [2.05, 4.69) is 16.2 Å². The third-order valence-corrected chi connectivity index (χ3v) is 6.67. The lowest BCUT2D eigenvalue weighted by molar-refractivity contribution is 0.0629. The standard InChI is InChI=1S/C27H27N7O/c1-2-34-26-23(17-28-34)22(16-24(30-26)20-8-4-3-5-9-20)27(35)32-14-12-31(13-15-32)18-21-19-33-11-7-6-10-25(33)29-21/h3-11,16-17,19H,2,12-15,18H2,1H3. The Bertz CT molecular complexity index is 1460. The number of fused-ring (bicyclic) bond motifs is 2. The van der Waals surface area contributed by atoms with Gasteiger partial charge in [0.05, 0.1) is 28.5 Å². The van der Waals surface area contributed by atoms with Crippen LogP contribution in [-0.4, -0.2) is 66.0 Å². The number of benzene rings is 1. The van der Waals surface area contributed by atoms with Gasteiger partial charge < -0.3 is 9.30 Å². The first kappa shape index (κ1) is 21.5. The van der Waals surface area contributed by atoms with Crippen LogP contribution in [0.25, 0.3) is 27.9 Å². The van der Waals surface area contributed by atoms with E-state index in [0.29, 0.717) is 25.2 Å². The number of carbonyl (C=O) groups excluding carboxylic acids is 1. The molecule has 0 aliphatic carbocycles. The van der Waals surface area contributed by atoms with Gasteiger partial charge in [0.25, 0.3) is 5.91 Å². The molecule has 0 atom stereocenters. The molecule has 0 bridgehead atoms. The van der Waals surface area contributed by atoms with Gasteiger partial charge in [0, 0.05) is 57.2 Å². The normalized spacial score (nSPS) is 14.7. The highest BCUT2D eigenvalue weighted by molar-refractivity contribution is 6.06. The van der Waals surface area contributed by atoms with Crippen molar-refractivity contribution in [2.45, 2.75) is 20.0 Å². The number of hydrogen-bond donors (Lipinski definition) is 0. The smallest absolute Gasteiger partial charge is 0.254 e. The van der Waals surface area contributed by atoms with E-state index in [1.165, 1.54) is 0 Å². The maximum Gasteiger partial charge on any atom is 0.254 e. The van der Waals surface area contributed by atoms with E-state index in [1.807, 2.05) is 81.7 Å². The lowest BCUT2D eigenvalue weighted by atomic mass is 10.1. The second kappa shape index (κ2) is 8.96. The van der Waals surface area contributed by atoms with Crippen molar-refractivity contribution in [3.05, 3.63) is 84.4 Å². The molecule has 35 heavy (non-hydrogen) atoms. The molecule has 4 aromatic heterocycles. The first-order valence-electron chi connectivity index (χ1n) is 12.1. The van der Waals surface area contributed by atoms with Crippen molar-refractivity contribution in [1.29, 1.82) is 0 Å². The molecule has 1 amide bonds. The number of pyridine rings is 2. The third-order valence-electron chi connectivity index (χ3n) is 6.67. The van der Waals surface area contributed by atoms with Crippen LogP contribution in [0.4, 0.5) is 0 Å². The van der Waals surface area contributed by atoms with Crippen LogP contribution in [0.1, 0.15) is 23.0 Å². The van der Waals surface area contributed by atoms with Gasteiger partial charge >= 0.3 is 0 Å². The van der Waals surface area contributed by atoms with Gasteiger partial charge in [-0.1, -0.05) is 36.4 Å². The molecule has 1 fully saturated rings. The zero-order valence-corrected chi connectivity index (χ0v) is 19.7. The number of aryl methyl sites for hydroxylation is 1. The molecule has 0 radical (unpaired) electrons. The van der Waals surface area contributed by atoms with E-state index in [9.17, 15) is 4.79 Å². The highest BCUT2D eigenvalue weighted by Gasteiger charge is 2.26. The summed E-state index contributed by atoms with van der Waals surface area (Å²) >= 11 is 0. The molecule has 6 rings (SSSR count). The first-order valence-corrected chi connectivity index (χ1v) is 12.1. The molecular formula is C27H27N7O. The molecule has 1 aromatic carbocycles. The molecular weight excluding hydrogens is 438 g/mol. The van der Waals surface area contributed by atoms with Crippen LogP contribution in [0.3, 0.4) is 0 Å². The number of imidazole rings is 1. The molecule has 5 heterocycles. The van der Waals surface area contributed by atoms with Crippen LogP contribution in [-0.2, 0) is 13.1 Å². The van der Waals surface area contributed by atoms with Gasteiger partial charge in [0.2, 0.25) is 0 Å². The molecule has 176 valence electrons. The zero-order valence-electron chi connectivity index (χ0n) is 19.7. The van der Waals surface area contributed by atoms with E-state index < -0.39 is 0 Å². The first-order chi connectivity index (χ1) is 17.2. The summed E-state index contributed by atoms with van der Waals surface area (Å²) in [4.78, 5) is 27.6. The van der Waals surface area contributed by atoms with Crippen LogP contribution >= 0.6 is 0 Å². The van der Waals surface area contributed by atoms with Crippen molar-refractivity contribution in [3.8, 4) is 11.3 Å². The van der Waals surface area contributed by atoms with Crippen molar-refractivity contribution in [2.75, 3.05) is 26.2 Å². The van der Waals surface area contributed by atoms with Crippen LogP contribution in [0, 0.1) is 0 Å². The summed E-state index contributed by atoms with van der Waals surface area (Å²) in [7, 11) is 0. The number of aromatic nitrogens is 5. The quantitative estimate of drug-likeness (QED) is 0.396. The summed E-state index contributed by atoms with van der Waals surface area (Å²) in [5, 5.41) is 5.29. The van der Waals surface area contributed by atoms with Crippen LogP contribution < -0.4 is 0 Å². The Hall–Kier alpha value is -4.04. The Labute approximate surface area is 203 Å². The second-order valence-electron chi connectivity index (χ2n) is 8.89. The maximum atomic E-state index is 13.7. The number of piperazine rings is 1. The number of amides is 1. The Morgan fingerprint density at radius 2 is 1.77 bits per heavy atom. The van der Waals surface area contributed by atoms with Crippen LogP contribution in [0.5, 0.6) is 0 Å². The number of carbonyl (C=O) groups is 1. The number of hydrogen-bond acceptors (Lipinski definition) is 5. The lowest BCUT2D eigenvalue weighted by Gasteiger charge is -2.34. The van der Waals surface area contributed by atoms with Crippen LogP contribution in [0.15, 0.2) is 73.2 Å². The summed E-state index contributed by atoms with van der Waals surface area (Å²) in [6.45, 7) is 6.50. The minimum atomic E-state index is 0.0395. The summed E-state index contributed by atoms with van der Waals surface area (Å²) < 4.78 is 3.90. The van der Waals surface area contributed by atoms with E-state index >= 15 is 0 Å². The van der Waals surface area contributed by atoms with Crippen molar-refractivity contribution in [1.82, 2.24) is 33.9 Å². The molecule has 0 N–H and O–H groups in total. The summed E-state index contributed by atoms with van der Waals surface area (Å²) in [5.41, 5.74) is 5.21. The summed E-state index contributed by atoms with van der Waals surface area (Å²) in [6.07, 6.45) is 5.87. The van der Waals surface area contributed by atoms with Gasteiger partial charge in [-0.15, -0.1) is 0 Å². The van der Waals surface area contributed by atoms with Crippen molar-refractivity contribution < 1.29 is 4.79 Å². The van der Waals surface area contributed by atoms with Crippen molar-refractivity contribution in [3.63, 3.8) is 0 Å². The minimum absolute atomic E-state index is 0.0395. The summed E-state index contributed by atoms with van der Waals surface area (Å²) in [5.74, 6) is 0.0395. The van der Waals surface area contributed by atoms with Crippen molar-refractivity contribution >= 4 is 22.6 Å². The molecule has 1 aliphatic rings. The fraction of sp³-hybridized carbons (Fsp3) is 0.259. The lowest BCUT2D eigenvalue weighted by Crippen LogP contribution is -2.48. The van der Waals surface area contributed by atoms with Gasteiger partial charge in [0.15, 0.2) is 5.65 Å². The van der Waals surface area contributed by atoms with Gasteiger partial charge in [-0.2, -0.15) is 5.10 Å². The largest absolute Gasteiger partial charge is 0.336 e. The molecule has 1 aliphatic heterocycles. The Morgan fingerprint density at radius 3 is 2.54 bits per heavy atom. The molecule has 1 saturated heterocycles. The monoisotopic (exact) mass is 465 g/mol. The van der Waals surface area contributed by atoms with E-state index in [-0.39, 0.29) is 5.91 Å². The molecule has 8 heteroatoms. The second-order valence-corrected chi connectivity index (χ2v) is 8.89. The van der Waals surface area contributed by atoms with E-state index in [0.717, 1.165) is 53.3 Å². The predicted octanol–water partition coefficient (Wildman–Crippen LogP) is 3.72. The van der Waals surface area contributed by atoms with Crippen LogP contribution in [0.2, 0.25) is 0 Å². The predicted molar refractivity (Wildman–Crippen MR) is 135 cm³/mol. The molecule has 5 aromatic rings. The van der Waals surface area contributed by atoms with Gasteiger partial charge in [-0.25, -0.2) is 14.6 Å². The van der Waals surface area contributed by atoms with E-state index in [4.69, 9.17) is 9.97 Å². The molecule has 0 saturated carbocycles. The SMILES string of the molecule is CCn1ncc2c(C(=O)N3CCN(Cc4cn5ccccc5n4)CC3)cc(-c3ccccc3)nc21. The zero-order chi connectivity index (χ0) is 23.8. The highest BCUT2D eigenvalue weighted by Crippen LogP contribution is 2.26. The van der Waals surface area contributed by atoms with Crippen molar-refractivity contribution in [2.24, 2.45) is 0 Å². The van der Waals surface area contributed by atoms with Gasteiger partial charge in [0.1, 0.15) is 5.65 Å². The fourth-order valence-corrected chi connectivity index (χ4v) is 4.78. The Morgan fingerprint density at radius 1 is 0.971 bits per heavy atom. The summed E-state index contributed by atoms with van der Waals surface area (Å²) in [6, 6.07) is 17.9. The number of nitrogens with zero attached hydrogens (tertiary/aromatic N) is 7. The molecule has 8 nitrogen and oxygen atoms in total. The highest BCUT2D eigenvalue weighted by atomic mass is 16.2.